The molecule has 1 aromatic heterocycles. The molecule has 1 aliphatic heterocycles. The molecule has 0 aliphatic carbocycles. The summed E-state index contributed by atoms with van der Waals surface area (Å²) >= 11 is 1.74. The first-order chi connectivity index (χ1) is 15.7. The van der Waals surface area contributed by atoms with E-state index in [0.717, 1.165) is 62.0 Å². The zero-order valence-electron chi connectivity index (χ0n) is 18.4. The topological polar surface area (TPSA) is 67.6 Å². The molecule has 0 spiro atoms. The first-order valence-corrected chi connectivity index (χ1v) is 12.0. The second-order valence-corrected chi connectivity index (χ2v) is 8.81. The third-order valence-electron chi connectivity index (χ3n) is 5.45. The van der Waals surface area contributed by atoms with Gasteiger partial charge in [0.1, 0.15) is 5.76 Å². The third-order valence-corrected chi connectivity index (χ3v) is 6.47. The molecular weight excluding hydrogens is 422 g/mol. The summed E-state index contributed by atoms with van der Waals surface area (Å²) in [6.45, 7) is 7.14. The van der Waals surface area contributed by atoms with Crippen LogP contribution in [0.5, 0.6) is 0 Å². The second kappa shape index (κ2) is 11.3. The number of carbonyl (C=O) groups excluding carboxylic acids is 1. The normalized spacial score (nSPS) is 14.4. The lowest BCUT2D eigenvalue weighted by Gasteiger charge is -2.26. The van der Waals surface area contributed by atoms with Crippen molar-refractivity contribution in [1.29, 1.82) is 0 Å². The van der Waals surface area contributed by atoms with Gasteiger partial charge in [-0.1, -0.05) is 18.2 Å². The Labute approximate surface area is 193 Å². The second-order valence-electron chi connectivity index (χ2n) is 7.76. The highest BCUT2D eigenvalue weighted by molar-refractivity contribution is 7.98. The Morgan fingerprint density at radius 1 is 1.09 bits per heavy atom. The van der Waals surface area contributed by atoms with E-state index in [2.05, 4.69) is 27.3 Å². The van der Waals surface area contributed by atoms with E-state index in [-0.39, 0.29) is 5.91 Å². The van der Waals surface area contributed by atoms with Crippen molar-refractivity contribution < 1.29 is 13.9 Å². The van der Waals surface area contributed by atoms with Gasteiger partial charge in [0.15, 0.2) is 0 Å². The van der Waals surface area contributed by atoms with Crippen molar-refractivity contribution in [3.8, 4) is 11.5 Å². The molecule has 0 saturated carbocycles. The molecule has 7 heteroatoms. The standard InChI is InChI=1S/C25H29N3O3S/c1-19-23(18-32-22-6-3-2-4-7-22)27-25(31-19)21-10-8-20(9-11-21)24(29)26-12-5-13-28-14-16-30-17-15-28/h2-4,6-11H,5,12-18H2,1H3,(H,26,29). The molecule has 1 amide bonds. The van der Waals surface area contributed by atoms with Gasteiger partial charge in [-0.25, -0.2) is 4.98 Å². The number of nitrogens with one attached hydrogen (secondary N) is 1. The molecule has 1 saturated heterocycles. The van der Waals surface area contributed by atoms with Crippen LogP contribution in [0.4, 0.5) is 0 Å². The summed E-state index contributed by atoms with van der Waals surface area (Å²) in [4.78, 5) is 20.7. The molecule has 168 valence electrons. The van der Waals surface area contributed by atoms with Crippen LogP contribution in [0.2, 0.25) is 0 Å². The van der Waals surface area contributed by atoms with Crippen LogP contribution in [0.3, 0.4) is 0 Å². The summed E-state index contributed by atoms with van der Waals surface area (Å²) in [5.74, 6) is 2.11. The Balaban J connectivity index is 1.27. The predicted molar refractivity (Wildman–Crippen MR) is 127 cm³/mol. The average Bonchev–Trinajstić information content (AvgIpc) is 3.22. The lowest BCUT2D eigenvalue weighted by molar-refractivity contribution is 0.0374. The maximum Gasteiger partial charge on any atom is 0.251 e. The number of morpholine rings is 1. The van der Waals surface area contributed by atoms with Gasteiger partial charge in [-0.15, -0.1) is 11.8 Å². The molecule has 0 radical (unpaired) electrons. The fraction of sp³-hybridized carbons (Fsp3) is 0.360. The van der Waals surface area contributed by atoms with Crippen LogP contribution in [0.1, 0.15) is 28.2 Å². The molecule has 3 aromatic rings. The predicted octanol–water partition coefficient (Wildman–Crippen LogP) is 4.39. The van der Waals surface area contributed by atoms with Crippen molar-refractivity contribution in [2.24, 2.45) is 0 Å². The number of aromatic nitrogens is 1. The van der Waals surface area contributed by atoms with Crippen LogP contribution >= 0.6 is 11.8 Å². The van der Waals surface area contributed by atoms with Crippen molar-refractivity contribution in [2.45, 2.75) is 24.0 Å². The number of amides is 1. The molecule has 4 rings (SSSR count). The number of nitrogens with zero attached hydrogens (tertiary/aromatic N) is 2. The summed E-state index contributed by atoms with van der Waals surface area (Å²) < 4.78 is 11.2. The molecule has 0 bridgehead atoms. The number of thioether (sulfide) groups is 1. The molecule has 32 heavy (non-hydrogen) atoms. The molecular formula is C25H29N3O3S. The Bertz CT molecular complexity index is 999. The number of aryl methyl sites for hydroxylation is 1. The number of ether oxygens (including phenoxy) is 1. The van der Waals surface area contributed by atoms with Gasteiger partial charge in [-0.2, -0.15) is 0 Å². The zero-order chi connectivity index (χ0) is 22.2. The first kappa shape index (κ1) is 22.6. The number of benzene rings is 2. The molecule has 1 aliphatic rings. The van der Waals surface area contributed by atoms with Crippen LogP contribution in [0.15, 0.2) is 63.9 Å². The Kier molecular flexibility index (Phi) is 7.98. The minimum absolute atomic E-state index is 0.0536. The highest BCUT2D eigenvalue weighted by Gasteiger charge is 2.13. The Morgan fingerprint density at radius 3 is 2.59 bits per heavy atom. The van der Waals surface area contributed by atoms with E-state index in [1.165, 1.54) is 4.90 Å². The van der Waals surface area contributed by atoms with Crippen LogP contribution in [0.25, 0.3) is 11.5 Å². The van der Waals surface area contributed by atoms with Gasteiger partial charge in [0, 0.05) is 41.4 Å². The van der Waals surface area contributed by atoms with E-state index in [0.29, 0.717) is 18.0 Å². The number of oxazole rings is 1. The van der Waals surface area contributed by atoms with E-state index < -0.39 is 0 Å². The summed E-state index contributed by atoms with van der Waals surface area (Å²) in [6.07, 6.45) is 0.934. The summed E-state index contributed by atoms with van der Waals surface area (Å²) in [5.41, 5.74) is 2.45. The van der Waals surface area contributed by atoms with Gasteiger partial charge in [-0.3, -0.25) is 9.69 Å². The van der Waals surface area contributed by atoms with Crippen molar-refractivity contribution >= 4 is 17.7 Å². The number of rotatable bonds is 9. The smallest absolute Gasteiger partial charge is 0.251 e. The average molecular weight is 452 g/mol. The molecule has 1 fully saturated rings. The monoisotopic (exact) mass is 451 g/mol. The fourth-order valence-electron chi connectivity index (χ4n) is 3.55. The first-order valence-electron chi connectivity index (χ1n) is 11.0. The van der Waals surface area contributed by atoms with Crippen LogP contribution < -0.4 is 5.32 Å². The van der Waals surface area contributed by atoms with Crippen molar-refractivity contribution in [3.05, 3.63) is 71.6 Å². The Morgan fingerprint density at radius 2 is 1.84 bits per heavy atom. The highest BCUT2D eigenvalue weighted by Crippen LogP contribution is 2.27. The number of hydrogen-bond donors (Lipinski definition) is 1. The van der Waals surface area contributed by atoms with Gasteiger partial charge in [0.25, 0.3) is 5.91 Å². The van der Waals surface area contributed by atoms with Crippen LogP contribution in [0, 0.1) is 6.92 Å². The summed E-state index contributed by atoms with van der Waals surface area (Å²) in [6, 6.07) is 17.7. The highest BCUT2D eigenvalue weighted by atomic mass is 32.2. The lowest BCUT2D eigenvalue weighted by atomic mass is 10.1. The molecule has 0 unspecified atom stereocenters. The largest absolute Gasteiger partial charge is 0.441 e. The maximum atomic E-state index is 12.4. The Hall–Kier alpha value is -2.61. The molecule has 2 aromatic carbocycles. The minimum Gasteiger partial charge on any atom is -0.441 e. The lowest BCUT2D eigenvalue weighted by Crippen LogP contribution is -2.38. The zero-order valence-corrected chi connectivity index (χ0v) is 19.2. The molecule has 6 nitrogen and oxygen atoms in total. The summed E-state index contributed by atoms with van der Waals surface area (Å²) in [5, 5.41) is 3.00. The van der Waals surface area contributed by atoms with E-state index in [9.17, 15) is 4.79 Å². The van der Waals surface area contributed by atoms with Crippen molar-refractivity contribution in [2.75, 3.05) is 39.4 Å². The molecule has 1 N–H and O–H groups in total. The van der Waals surface area contributed by atoms with E-state index in [1.807, 2.05) is 49.4 Å². The van der Waals surface area contributed by atoms with Crippen molar-refractivity contribution in [1.82, 2.24) is 15.2 Å². The fourth-order valence-corrected chi connectivity index (χ4v) is 4.47. The number of hydrogen-bond acceptors (Lipinski definition) is 6. The van der Waals surface area contributed by atoms with E-state index in [4.69, 9.17) is 9.15 Å². The van der Waals surface area contributed by atoms with Gasteiger partial charge in [0.2, 0.25) is 5.89 Å². The quantitative estimate of drug-likeness (QED) is 0.384. The SMILES string of the molecule is Cc1oc(-c2ccc(C(=O)NCCCN3CCOCC3)cc2)nc1CSc1ccccc1. The van der Waals surface area contributed by atoms with E-state index in [1.54, 1.807) is 11.8 Å². The minimum atomic E-state index is -0.0536. The van der Waals surface area contributed by atoms with Gasteiger partial charge in [0.05, 0.1) is 18.9 Å². The number of carbonyl (C=O) groups is 1. The maximum absolute atomic E-state index is 12.4. The van der Waals surface area contributed by atoms with Crippen LogP contribution in [-0.4, -0.2) is 55.2 Å². The summed E-state index contributed by atoms with van der Waals surface area (Å²) in [7, 11) is 0. The van der Waals surface area contributed by atoms with Gasteiger partial charge in [-0.05, 0) is 56.3 Å². The van der Waals surface area contributed by atoms with E-state index >= 15 is 0 Å². The molecule has 0 atom stereocenters. The van der Waals surface area contributed by atoms with Gasteiger partial charge >= 0.3 is 0 Å². The van der Waals surface area contributed by atoms with Crippen LogP contribution in [-0.2, 0) is 10.5 Å². The van der Waals surface area contributed by atoms with Gasteiger partial charge < -0.3 is 14.5 Å². The molecule has 2 heterocycles. The van der Waals surface area contributed by atoms with Crippen molar-refractivity contribution in [3.63, 3.8) is 0 Å². The third kappa shape index (κ3) is 6.22.